The van der Waals surface area contributed by atoms with E-state index in [-0.39, 0.29) is 5.69 Å². The van der Waals surface area contributed by atoms with Crippen molar-refractivity contribution in [1.82, 2.24) is 4.98 Å². The number of hydrogen-bond acceptors (Lipinski definition) is 7. The fourth-order valence-electron chi connectivity index (χ4n) is 1.94. The Bertz CT molecular complexity index is 765. The van der Waals surface area contributed by atoms with Crippen LogP contribution in [0.2, 0.25) is 0 Å². The monoisotopic (exact) mass is 456 g/mol. The Kier molecular flexibility index (Phi) is 6.92. The predicted octanol–water partition coefficient (Wildman–Crippen LogP) is 3.84. The zero-order chi connectivity index (χ0) is 18.2. The van der Waals surface area contributed by atoms with Gasteiger partial charge >= 0.3 is 0 Å². The van der Waals surface area contributed by atoms with Gasteiger partial charge < -0.3 is 9.47 Å². The molecule has 0 spiro atoms. The van der Waals surface area contributed by atoms with E-state index in [1.165, 1.54) is 18.3 Å². The summed E-state index contributed by atoms with van der Waals surface area (Å²) in [6.45, 7) is 4.91. The van der Waals surface area contributed by atoms with Crippen LogP contribution < -0.4 is 14.9 Å². The fourth-order valence-corrected chi connectivity index (χ4v) is 2.72. The molecular formula is C16H17IN4O4. The first-order chi connectivity index (χ1) is 12.0. The third-order valence-electron chi connectivity index (χ3n) is 2.97. The third kappa shape index (κ3) is 5.28. The summed E-state index contributed by atoms with van der Waals surface area (Å²) in [6, 6.07) is 6.61. The number of nitrogens with one attached hydrogen (secondary N) is 1. The molecule has 2 aromatic rings. The molecule has 9 heteroatoms. The van der Waals surface area contributed by atoms with E-state index in [9.17, 15) is 10.1 Å². The number of anilines is 1. The van der Waals surface area contributed by atoms with Gasteiger partial charge in [0.15, 0.2) is 11.5 Å². The summed E-state index contributed by atoms with van der Waals surface area (Å²) in [7, 11) is 0. The minimum atomic E-state index is -0.503. The smallest absolute Gasteiger partial charge is 0.287 e. The van der Waals surface area contributed by atoms with Gasteiger partial charge in [0.25, 0.3) is 5.69 Å². The second-order valence-corrected chi connectivity index (χ2v) is 5.89. The van der Waals surface area contributed by atoms with E-state index in [1.807, 2.05) is 26.0 Å². The van der Waals surface area contributed by atoms with Gasteiger partial charge in [-0.1, -0.05) is 0 Å². The molecular weight excluding hydrogens is 439 g/mol. The van der Waals surface area contributed by atoms with E-state index >= 15 is 0 Å². The van der Waals surface area contributed by atoms with Crippen molar-refractivity contribution in [2.45, 2.75) is 13.8 Å². The Labute approximate surface area is 158 Å². The highest BCUT2D eigenvalue weighted by Crippen LogP contribution is 2.33. The predicted molar refractivity (Wildman–Crippen MR) is 104 cm³/mol. The van der Waals surface area contributed by atoms with Crippen molar-refractivity contribution in [1.29, 1.82) is 0 Å². The number of pyridine rings is 1. The molecule has 25 heavy (non-hydrogen) atoms. The minimum absolute atomic E-state index is 0.0723. The van der Waals surface area contributed by atoms with E-state index in [0.717, 1.165) is 9.13 Å². The molecule has 0 aliphatic rings. The number of nitro groups is 1. The van der Waals surface area contributed by atoms with Crippen LogP contribution in [-0.2, 0) is 0 Å². The summed E-state index contributed by atoms with van der Waals surface area (Å²) in [5, 5.41) is 14.7. The van der Waals surface area contributed by atoms with E-state index in [2.05, 4.69) is 38.1 Å². The van der Waals surface area contributed by atoms with Crippen molar-refractivity contribution in [3.05, 3.63) is 49.7 Å². The maximum atomic E-state index is 10.6. The molecule has 0 fully saturated rings. The Morgan fingerprint density at radius 2 is 2.08 bits per heavy atom. The SMILES string of the molecule is CCOc1cc(/C=N\Nc2ccc([N+](=O)[O-])cn2)cc(I)c1OCC. The van der Waals surface area contributed by atoms with Gasteiger partial charge in [-0.15, -0.1) is 0 Å². The lowest BCUT2D eigenvalue weighted by Gasteiger charge is -2.13. The number of hydrazone groups is 1. The zero-order valence-electron chi connectivity index (χ0n) is 13.7. The summed E-state index contributed by atoms with van der Waals surface area (Å²) in [6.07, 6.45) is 2.79. The van der Waals surface area contributed by atoms with Crippen molar-refractivity contribution in [2.75, 3.05) is 18.6 Å². The number of benzene rings is 1. The number of nitrogens with zero attached hydrogens (tertiary/aromatic N) is 3. The van der Waals surface area contributed by atoms with E-state index < -0.39 is 4.92 Å². The standard InChI is InChI=1S/C16H17IN4O4/c1-3-24-14-8-11(7-13(17)16(14)25-4-2)9-19-20-15-6-5-12(10-18-15)21(22)23/h5-10H,3-4H2,1-2H3,(H,18,20)/b19-9-. The summed E-state index contributed by atoms with van der Waals surface area (Å²) in [4.78, 5) is 14.0. The first-order valence-corrected chi connectivity index (χ1v) is 8.61. The number of halogens is 1. The van der Waals surface area contributed by atoms with Crippen LogP contribution in [0.4, 0.5) is 11.5 Å². The van der Waals surface area contributed by atoms with Crippen LogP contribution in [0.1, 0.15) is 19.4 Å². The van der Waals surface area contributed by atoms with Gasteiger partial charge in [0, 0.05) is 6.07 Å². The van der Waals surface area contributed by atoms with E-state index in [1.54, 1.807) is 6.21 Å². The fraction of sp³-hybridized carbons (Fsp3) is 0.250. The lowest BCUT2D eigenvalue weighted by molar-refractivity contribution is -0.385. The molecule has 0 aliphatic heterocycles. The lowest BCUT2D eigenvalue weighted by Crippen LogP contribution is -2.02. The third-order valence-corrected chi connectivity index (χ3v) is 3.77. The first kappa shape index (κ1) is 18.9. The number of ether oxygens (including phenoxy) is 2. The average Bonchev–Trinajstić information content (AvgIpc) is 2.59. The Hall–Kier alpha value is -2.43. The average molecular weight is 456 g/mol. The number of rotatable bonds is 8. The molecule has 0 unspecified atom stereocenters. The van der Waals surface area contributed by atoms with Gasteiger partial charge in [0.2, 0.25) is 0 Å². The largest absolute Gasteiger partial charge is 0.490 e. The van der Waals surface area contributed by atoms with Crippen LogP contribution in [0.5, 0.6) is 11.5 Å². The van der Waals surface area contributed by atoms with Crippen molar-refractivity contribution < 1.29 is 14.4 Å². The normalized spacial score (nSPS) is 10.7. The van der Waals surface area contributed by atoms with Crippen LogP contribution in [0.15, 0.2) is 35.6 Å². The number of hydrogen-bond donors (Lipinski definition) is 1. The second kappa shape index (κ2) is 9.16. The van der Waals surface area contributed by atoms with Crippen LogP contribution >= 0.6 is 22.6 Å². The zero-order valence-corrected chi connectivity index (χ0v) is 15.9. The van der Waals surface area contributed by atoms with Crippen LogP contribution in [0, 0.1) is 13.7 Å². The Morgan fingerprint density at radius 3 is 2.68 bits per heavy atom. The molecule has 1 aromatic carbocycles. The van der Waals surface area contributed by atoms with Gasteiger partial charge in [0.05, 0.1) is 27.9 Å². The summed E-state index contributed by atoms with van der Waals surface area (Å²) in [5.41, 5.74) is 3.48. The molecule has 1 aromatic heterocycles. The van der Waals surface area contributed by atoms with Crippen molar-refractivity contribution in [2.24, 2.45) is 5.10 Å². The van der Waals surface area contributed by atoms with Crippen LogP contribution in [-0.4, -0.2) is 29.3 Å². The van der Waals surface area contributed by atoms with E-state index in [0.29, 0.717) is 30.5 Å². The van der Waals surface area contributed by atoms with Crippen molar-refractivity contribution in [3.8, 4) is 11.5 Å². The molecule has 1 N–H and O–H groups in total. The van der Waals surface area contributed by atoms with Crippen molar-refractivity contribution in [3.63, 3.8) is 0 Å². The number of aromatic nitrogens is 1. The summed E-state index contributed by atoms with van der Waals surface area (Å²) < 4.78 is 12.2. The lowest BCUT2D eigenvalue weighted by atomic mass is 10.2. The molecule has 1 heterocycles. The first-order valence-electron chi connectivity index (χ1n) is 7.53. The van der Waals surface area contributed by atoms with Crippen LogP contribution in [0.3, 0.4) is 0 Å². The van der Waals surface area contributed by atoms with Gasteiger partial charge in [-0.3, -0.25) is 15.5 Å². The summed E-state index contributed by atoms with van der Waals surface area (Å²) >= 11 is 2.18. The Morgan fingerprint density at radius 1 is 1.32 bits per heavy atom. The highest BCUT2D eigenvalue weighted by Gasteiger charge is 2.11. The van der Waals surface area contributed by atoms with Gasteiger partial charge in [-0.25, -0.2) is 4.98 Å². The molecule has 0 saturated heterocycles. The minimum Gasteiger partial charge on any atom is -0.490 e. The molecule has 2 rings (SSSR count). The maximum absolute atomic E-state index is 10.6. The summed E-state index contributed by atoms with van der Waals surface area (Å²) in [5.74, 6) is 1.78. The molecule has 0 radical (unpaired) electrons. The topological polar surface area (TPSA) is 98.9 Å². The van der Waals surface area contributed by atoms with Gasteiger partial charge in [-0.2, -0.15) is 5.10 Å². The molecule has 132 valence electrons. The Balaban J connectivity index is 2.13. The molecule has 0 bridgehead atoms. The molecule has 0 saturated carbocycles. The molecule has 0 amide bonds. The molecule has 8 nitrogen and oxygen atoms in total. The van der Waals surface area contributed by atoms with Crippen molar-refractivity contribution >= 4 is 40.3 Å². The highest BCUT2D eigenvalue weighted by molar-refractivity contribution is 14.1. The molecule has 0 atom stereocenters. The van der Waals surface area contributed by atoms with Gasteiger partial charge in [0.1, 0.15) is 12.0 Å². The van der Waals surface area contributed by atoms with Crippen LogP contribution in [0.25, 0.3) is 0 Å². The highest BCUT2D eigenvalue weighted by atomic mass is 127. The molecule has 0 aliphatic carbocycles. The quantitative estimate of drug-likeness (QED) is 0.281. The maximum Gasteiger partial charge on any atom is 0.287 e. The second-order valence-electron chi connectivity index (χ2n) is 4.72. The van der Waals surface area contributed by atoms with E-state index in [4.69, 9.17) is 9.47 Å². The van der Waals surface area contributed by atoms with Gasteiger partial charge in [-0.05, 0) is 60.2 Å².